The van der Waals surface area contributed by atoms with Gasteiger partial charge in [-0.2, -0.15) is 0 Å². The third-order valence-corrected chi connectivity index (χ3v) is 4.02. The molecule has 0 aliphatic rings. The van der Waals surface area contributed by atoms with Crippen LogP contribution in [-0.2, 0) is 4.79 Å². The van der Waals surface area contributed by atoms with Gasteiger partial charge in [0.1, 0.15) is 24.3 Å². The predicted octanol–water partition coefficient (Wildman–Crippen LogP) is 3.78. The number of amides is 1. The molecule has 0 aliphatic carbocycles. The number of halogens is 1. The monoisotopic (exact) mass is 372 g/mol. The second kappa shape index (κ2) is 9.62. The van der Waals surface area contributed by atoms with Crippen LogP contribution in [0.15, 0.2) is 49.0 Å². The number of hydrogen-bond acceptors (Lipinski definition) is 4. The molecule has 1 amide bonds. The van der Waals surface area contributed by atoms with Gasteiger partial charge < -0.3 is 20.5 Å². The molecular formula is C21H25FN2O3. The Balaban J connectivity index is 2.25. The van der Waals surface area contributed by atoms with Crippen LogP contribution in [0.2, 0.25) is 0 Å². The number of alkyl halides is 1. The van der Waals surface area contributed by atoms with E-state index in [1.165, 1.54) is 0 Å². The molecule has 0 radical (unpaired) electrons. The highest BCUT2D eigenvalue weighted by atomic mass is 19.1. The number of rotatable bonds is 10. The van der Waals surface area contributed by atoms with Gasteiger partial charge in [-0.15, -0.1) is 0 Å². The van der Waals surface area contributed by atoms with Crippen molar-refractivity contribution in [3.05, 3.63) is 60.2 Å². The van der Waals surface area contributed by atoms with Gasteiger partial charge >= 0.3 is 0 Å². The van der Waals surface area contributed by atoms with Crippen molar-refractivity contribution < 1.29 is 18.7 Å². The predicted molar refractivity (Wildman–Crippen MR) is 106 cm³/mol. The van der Waals surface area contributed by atoms with Crippen LogP contribution in [0.25, 0.3) is 5.57 Å². The van der Waals surface area contributed by atoms with E-state index in [1.54, 1.807) is 25.1 Å². The zero-order chi connectivity index (χ0) is 19.8. The zero-order valence-electron chi connectivity index (χ0n) is 15.6. The van der Waals surface area contributed by atoms with E-state index in [9.17, 15) is 9.18 Å². The average Bonchev–Trinajstić information content (AvgIpc) is 2.69. The fraction of sp³-hybridized carbons (Fsp3) is 0.286. The summed E-state index contributed by atoms with van der Waals surface area (Å²) in [7, 11) is 1.81. The molecule has 1 atom stereocenters. The molecule has 0 unspecified atom stereocenters. The fourth-order valence-electron chi connectivity index (χ4n) is 2.47. The molecule has 27 heavy (non-hydrogen) atoms. The number of nitrogens with one attached hydrogen (secondary N) is 1. The fourth-order valence-corrected chi connectivity index (χ4v) is 2.47. The second-order valence-electron chi connectivity index (χ2n) is 6.04. The summed E-state index contributed by atoms with van der Waals surface area (Å²) in [5.41, 5.74) is 8.36. The van der Waals surface area contributed by atoms with Crippen molar-refractivity contribution in [2.75, 3.05) is 25.6 Å². The van der Waals surface area contributed by atoms with Crippen molar-refractivity contribution in [3.63, 3.8) is 0 Å². The first kappa shape index (κ1) is 20.3. The Labute approximate surface area is 159 Å². The maximum atomic E-state index is 13.5. The van der Waals surface area contributed by atoms with Crippen molar-refractivity contribution >= 4 is 17.2 Å². The lowest BCUT2D eigenvalue weighted by molar-refractivity contribution is -0.119. The van der Waals surface area contributed by atoms with E-state index in [0.717, 1.165) is 22.4 Å². The van der Waals surface area contributed by atoms with Crippen LogP contribution in [-0.4, -0.2) is 32.3 Å². The molecule has 5 nitrogen and oxygen atoms in total. The smallest absolute Gasteiger partial charge is 0.255 e. The lowest BCUT2D eigenvalue weighted by Gasteiger charge is -2.16. The summed E-state index contributed by atoms with van der Waals surface area (Å²) in [6.45, 7) is 5.77. The van der Waals surface area contributed by atoms with Crippen LogP contribution < -0.4 is 20.5 Å². The van der Waals surface area contributed by atoms with Crippen LogP contribution in [0.1, 0.15) is 24.5 Å². The van der Waals surface area contributed by atoms with Crippen LogP contribution in [0.5, 0.6) is 11.5 Å². The van der Waals surface area contributed by atoms with Gasteiger partial charge in [0.05, 0.1) is 0 Å². The summed E-state index contributed by atoms with van der Waals surface area (Å²) >= 11 is 0. The third-order valence-electron chi connectivity index (χ3n) is 4.02. The highest BCUT2D eigenvalue weighted by Gasteiger charge is 2.12. The third kappa shape index (κ3) is 5.74. The van der Waals surface area contributed by atoms with E-state index < -0.39 is 12.1 Å². The van der Waals surface area contributed by atoms with Crippen molar-refractivity contribution in [3.8, 4) is 11.5 Å². The quantitative estimate of drug-likeness (QED) is 0.666. The lowest BCUT2D eigenvalue weighted by atomic mass is 9.97. The Morgan fingerprint density at radius 1 is 1.22 bits per heavy atom. The maximum Gasteiger partial charge on any atom is 0.255 e. The molecule has 144 valence electrons. The first-order chi connectivity index (χ1) is 12.9. The van der Waals surface area contributed by atoms with Crippen molar-refractivity contribution in [2.24, 2.45) is 5.73 Å². The number of hydrogen-bond donors (Lipinski definition) is 2. The molecule has 0 aromatic heterocycles. The van der Waals surface area contributed by atoms with Gasteiger partial charge in [0.15, 0.2) is 6.61 Å². The van der Waals surface area contributed by atoms with E-state index in [0.29, 0.717) is 17.9 Å². The highest BCUT2D eigenvalue weighted by molar-refractivity contribution is 5.86. The summed E-state index contributed by atoms with van der Waals surface area (Å²) in [5, 5.41) is 3.12. The number of carbonyl (C=O) groups excluding carboxylic acids is 1. The minimum Gasteiger partial charge on any atom is -0.491 e. The highest BCUT2D eigenvalue weighted by Crippen LogP contribution is 2.32. The van der Waals surface area contributed by atoms with Crippen LogP contribution in [0.4, 0.5) is 10.1 Å². The Kier molecular flexibility index (Phi) is 7.23. The number of carbonyl (C=O) groups is 1. The van der Waals surface area contributed by atoms with Gasteiger partial charge in [-0.3, -0.25) is 4.79 Å². The average molecular weight is 372 g/mol. The molecule has 0 spiro atoms. The number of benzene rings is 2. The van der Waals surface area contributed by atoms with E-state index in [2.05, 4.69) is 11.9 Å². The summed E-state index contributed by atoms with van der Waals surface area (Å²) in [6.07, 6.45) is -0.591. The van der Waals surface area contributed by atoms with Crippen molar-refractivity contribution in [1.82, 2.24) is 0 Å². The van der Waals surface area contributed by atoms with Crippen molar-refractivity contribution in [1.29, 1.82) is 0 Å². The SMILES string of the molecule is C=C(c1cccc(OCC(N)=O)c1)c1cc(OC[C@@H](F)CC)ccc1NC. The van der Waals surface area contributed by atoms with E-state index >= 15 is 0 Å². The van der Waals surface area contributed by atoms with Crippen molar-refractivity contribution in [2.45, 2.75) is 19.5 Å². The van der Waals surface area contributed by atoms with Gasteiger partial charge in [-0.1, -0.05) is 25.6 Å². The van der Waals surface area contributed by atoms with Gasteiger partial charge in [0.2, 0.25) is 0 Å². The first-order valence-electron chi connectivity index (χ1n) is 8.74. The van der Waals surface area contributed by atoms with Gasteiger partial charge in [-0.05, 0) is 47.9 Å². The summed E-state index contributed by atoms with van der Waals surface area (Å²) < 4.78 is 24.4. The summed E-state index contributed by atoms with van der Waals surface area (Å²) in [4.78, 5) is 10.9. The number of nitrogens with two attached hydrogens (primary N) is 1. The topological polar surface area (TPSA) is 73.6 Å². The molecule has 0 heterocycles. The minimum absolute atomic E-state index is 0.0117. The normalized spacial score (nSPS) is 11.5. The molecule has 0 aliphatic heterocycles. The van der Waals surface area contributed by atoms with Gasteiger partial charge in [0.25, 0.3) is 5.91 Å². The molecule has 6 heteroatoms. The second-order valence-corrected chi connectivity index (χ2v) is 6.04. The molecule has 0 fully saturated rings. The number of ether oxygens (including phenoxy) is 2. The van der Waals surface area contributed by atoms with Crippen LogP contribution in [0, 0.1) is 0 Å². The minimum atomic E-state index is -1.00. The standard InChI is InChI=1S/C21H25FN2O3/c1-4-16(22)12-26-18-8-9-20(24-3)19(11-18)14(2)15-6-5-7-17(10-15)27-13-21(23)25/h5-11,16,24H,2,4,12-13H2,1,3H3,(H2,23,25)/t16-/m0/s1. The zero-order valence-corrected chi connectivity index (χ0v) is 15.6. The van der Waals surface area contributed by atoms with Crippen LogP contribution in [0.3, 0.4) is 0 Å². The molecule has 2 aromatic rings. The summed E-state index contributed by atoms with van der Waals surface area (Å²) in [5.74, 6) is 0.552. The molecular weight excluding hydrogens is 347 g/mol. The molecule has 3 N–H and O–H groups in total. The van der Waals surface area contributed by atoms with Gasteiger partial charge in [0, 0.05) is 18.3 Å². The largest absolute Gasteiger partial charge is 0.491 e. The molecule has 0 saturated heterocycles. The molecule has 0 bridgehead atoms. The number of primary amides is 1. The molecule has 2 rings (SSSR count). The molecule has 0 saturated carbocycles. The van der Waals surface area contributed by atoms with E-state index in [1.807, 2.05) is 31.3 Å². The molecule has 2 aromatic carbocycles. The Morgan fingerprint density at radius 2 is 1.96 bits per heavy atom. The Bertz CT molecular complexity index is 808. The van der Waals surface area contributed by atoms with E-state index in [-0.39, 0.29) is 13.2 Å². The maximum absolute atomic E-state index is 13.5. The summed E-state index contributed by atoms with van der Waals surface area (Å²) in [6, 6.07) is 12.7. The first-order valence-corrected chi connectivity index (χ1v) is 8.74. The Morgan fingerprint density at radius 3 is 2.63 bits per heavy atom. The van der Waals surface area contributed by atoms with Gasteiger partial charge in [-0.25, -0.2) is 4.39 Å². The Hall–Kier alpha value is -3.02. The number of anilines is 1. The van der Waals surface area contributed by atoms with Crippen LogP contribution >= 0.6 is 0 Å². The van der Waals surface area contributed by atoms with E-state index in [4.69, 9.17) is 15.2 Å². The lowest BCUT2D eigenvalue weighted by Crippen LogP contribution is -2.20.